The van der Waals surface area contributed by atoms with E-state index in [1.807, 2.05) is 25.1 Å². The molecule has 1 amide bonds. The highest BCUT2D eigenvalue weighted by molar-refractivity contribution is 8.14. The van der Waals surface area contributed by atoms with Crippen molar-refractivity contribution in [1.29, 1.82) is 0 Å². The number of carbonyl (C=O) groups is 2. The summed E-state index contributed by atoms with van der Waals surface area (Å²) in [6.45, 7) is 4.16. The zero-order valence-corrected chi connectivity index (χ0v) is 16.1. The quantitative estimate of drug-likeness (QED) is 0.605. The van der Waals surface area contributed by atoms with Gasteiger partial charge in [-0.1, -0.05) is 29.2 Å². The first-order valence-electron chi connectivity index (χ1n) is 8.07. The number of thiazole rings is 1. The van der Waals surface area contributed by atoms with Crippen molar-refractivity contribution in [2.45, 2.75) is 20.4 Å². The summed E-state index contributed by atoms with van der Waals surface area (Å²) in [5, 5.41) is 0.455. The van der Waals surface area contributed by atoms with Crippen molar-refractivity contribution in [3.63, 3.8) is 0 Å². The Labute approximate surface area is 159 Å². The number of hydrogen-bond acceptors (Lipinski definition) is 7. The molecule has 0 unspecified atom stereocenters. The normalized spacial score (nSPS) is 10.8. The molecule has 0 aliphatic rings. The molecule has 0 aliphatic heterocycles. The van der Waals surface area contributed by atoms with Gasteiger partial charge < -0.3 is 9.15 Å². The van der Waals surface area contributed by atoms with Gasteiger partial charge in [0.2, 0.25) is 5.91 Å². The standard InChI is InChI=1S/C18H18N2O4S2/c1-3-23-14-7-4-8-15-17(14)19-18(26-15)20(10-13-6-5-9-24-13)16(22)11-25-12(2)21/h4-9H,3,10-11H2,1-2H3. The lowest BCUT2D eigenvalue weighted by molar-refractivity contribution is -0.116. The van der Waals surface area contributed by atoms with Crippen molar-refractivity contribution in [3.8, 4) is 5.75 Å². The van der Waals surface area contributed by atoms with E-state index in [0.717, 1.165) is 22.0 Å². The maximum Gasteiger partial charge on any atom is 0.239 e. The van der Waals surface area contributed by atoms with E-state index >= 15 is 0 Å². The van der Waals surface area contributed by atoms with E-state index in [4.69, 9.17) is 9.15 Å². The number of amides is 1. The number of anilines is 1. The van der Waals surface area contributed by atoms with Gasteiger partial charge in [-0.3, -0.25) is 14.5 Å². The number of carbonyl (C=O) groups excluding carboxylic acids is 2. The van der Waals surface area contributed by atoms with E-state index in [1.54, 1.807) is 23.3 Å². The average molecular weight is 390 g/mol. The second-order valence-electron chi connectivity index (χ2n) is 5.37. The number of aromatic nitrogens is 1. The largest absolute Gasteiger partial charge is 0.492 e. The van der Waals surface area contributed by atoms with Crippen molar-refractivity contribution in [2.24, 2.45) is 0 Å². The van der Waals surface area contributed by atoms with Gasteiger partial charge in [0.05, 0.1) is 29.9 Å². The molecule has 0 N–H and O–H groups in total. The van der Waals surface area contributed by atoms with Crippen LogP contribution in [-0.4, -0.2) is 28.4 Å². The first kappa shape index (κ1) is 18.5. The Kier molecular flexibility index (Phi) is 5.95. The highest BCUT2D eigenvalue weighted by Crippen LogP contribution is 2.35. The molecule has 6 nitrogen and oxygen atoms in total. The Morgan fingerprint density at radius 1 is 1.31 bits per heavy atom. The summed E-state index contributed by atoms with van der Waals surface area (Å²) in [6, 6.07) is 9.28. The molecule has 0 spiro atoms. The molecular weight excluding hydrogens is 372 g/mol. The van der Waals surface area contributed by atoms with Crippen LogP contribution in [0, 0.1) is 0 Å². The predicted octanol–water partition coefficient (Wildman–Crippen LogP) is 4.10. The van der Waals surface area contributed by atoms with Crippen LogP contribution < -0.4 is 9.64 Å². The topological polar surface area (TPSA) is 72.6 Å². The van der Waals surface area contributed by atoms with Crippen molar-refractivity contribution in [2.75, 3.05) is 17.3 Å². The van der Waals surface area contributed by atoms with Crippen LogP contribution in [0.25, 0.3) is 10.2 Å². The van der Waals surface area contributed by atoms with Gasteiger partial charge in [-0.15, -0.1) is 0 Å². The minimum absolute atomic E-state index is 0.0598. The molecule has 0 atom stereocenters. The van der Waals surface area contributed by atoms with E-state index in [1.165, 1.54) is 18.3 Å². The number of furan rings is 1. The summed E-state index contributed by atoms with van der Waals surface area (Å²) >= 11 is 2.39. The average Bonchev–Trinajstić information content (AvgIpc) is 3.27. The van der Waals surface area contributed by atoms with Gasteiger partial charge in [0.15, 0.2) is 10.2 Å². The van der Waals surface area contributed by atoms with Crippen LogP contribution in [-0.2, 0) is 16.1 Å². The van der Waals surface area contributed by atoms with Crippen LogP contribution in [0.5, 0.6) is 5.75 Å². The maximum absolute atomic E-state index is 12.7. The maximum atomic E-state index is 12.7. The summed E-state index contributed by atoms with van der Waals surface area (Å²) in [5.41, 5.74) is 0.728. The highest BCUT2D eigenvalue weighted by atomic mass is 32.2. The van der Waals surface area contributed by atoms with Crippen LogP contribution in [0.4, 0.5) is 5.13 Å². The molecule has 2 aromatic heterocycles. The number of hydrogen-bond donors (Lipinski definition) is 0. The molecule has 26 heavy (non-hydrogen) atoms. The molecule has 0 aliphatic carbocycles. The van der Waals surface area contributed by atoms with Gasteiger partial charge >= 0.3 is 0 Å². The van der Waals surface area contributed by atoms with Gasteiger partial charge in [0.25, 0.3) is 0 Å². The van der Waals surface area contributed by atoms with Crippen molar-refractivity contribution in [1.82, 2.24) is 4.98 Å². The second-order valence-corrected chi connectivity index (χ2v) is 7.53. The molecule has 0 fully saturated rings. The number of ether oxygens (including phenoxy) is 1. The van der Waals surface area contributed by atoms with Crippen LogP contribution in [0.2, 0.25) is 0 Å². The lowest BCUT2D eigenvalue weighted by Crippen LogP contribution is -2.32. The monoisotopic (exact) mass is 390 g/mol. The first-order valence-corrected chi connectivity index (χ1v) is 9.87. The van der Waals surface area contributed by atoms with E-state index in [9.17, 15) is 9.59 Å². The van der Waals surface area contributed by atoms with Crippen molar-refractivity contribution < 1.29 is 18.7 Å². The zero-order valence-electron chi connectivity index (χ0n) is 14.4. The van der Waals surface area contributed by atoms with E-state index in [-0.39, 0.29) is 23.3 Å². The van der Waals surface area contributed by atoms with Gasteiger partial charge in [-0.05, 0) is 31.2 Å². The molecule has 0 radical (unpaired) electrons. The van der Waals surface area contributed by atoms with Crippen LogP contribution >= 0.6 is 23.1 Å². The lowest BCUT2D eigenvalue weighted by atomic mass is 10.3. The van der Waals surface area contributed by atoms with Crippen molar-refractivity contribution in [3.05, 3.63) is 42.4 Å². The van der Waals surface area contributed by atoms with E-state index < -0.39 is 0 Å². The Morgan fingerprint density at radius 3 is 2.85 bits per heavy atom. The van der Waals surface area contributed by atoms with E-state index in [0.29, 0.717) is 23.2 Å². The smallest absolute Gasteiger partial charge is 0.239 e. The number of nitrogens with zero attached hydrogens (tertiary/aromatic N) is 2. The molecule has 0 saturated heterocycles. The summed E-state index contributed by atoms with van der Waals surface area (Å²) in [7, 11) is 0. The lowest BCUT2D eigenvalue weighted by Gasteiger charge is -2.18. The minimum atomic E-state index is -0.196. The van der Waals surface area contributed by atoms with Gasteiger partial charge in [-0.25, -0.2) is 4.98 Å². The molecule has 136 valence electrons. The molecule has 3 aromatic rings. The number of para-hydroxylation sites is 1. The number of benzene rings is 1. The Morgan fingerprint density at radius 2 is 2.15 bits per heavy atom. The molecule has 3 rings (SSSR count). The molecular formula is C18H18N2O4S2. The number of fused-ring (bicyclic) bond motifs is 1. The second kappa shape index (κ2) is 8.37. The fourth-order valence-electron chi connectivity index (χ4n) is 2.36. The fraction of sp³-hybridized carbons (Fsp3) is 0.278. The predicted molar refractivity (Wildman–Crippen MR) is 104 cm³/mol. The molecule has 1 aromatic carbocycles. The van der Waals surface area contributed by atoms with E-state index in [2.05, 4.69) is 4.98 Å². The number of rotatable bonds is 7. The molecule has 2 heterocycles. The Bertz CT molecular complexity index is 905. The van der Waals surface area contributed by atoms with Crippen LogP contribution in [0.3, 0.4) is 0 Å². The first-order chi connectivity index (χ1) is 12.6. The minimum Gasteiger partial charge on any atom is -0.492 e. The summed E-state index contributed by atoms with van der Waals surface area (Å²) in [4.78, 5) is 30.1. The summed E-state index contributed by atoms with van der Waals surface area (Å²) in [5.74, 6) is 1.20. The Hall–Kier alpha value is -2.32. The summed E-state index contributed by atoms with van der Waals surface area (Å²) < 4.78 is 11.9. The van der Waals surface area contributed by atoms with Gasteiger partial charge in [0.1, 0.15) is 17.0 Å². The van der Waals surface area contributed by atoms with Crippen LogP contribution in [0.15, 0.2) is 41.0 Å². The zero-order chi connectivity index (χ0) is 18.5. The molecule has 0 saturated carbocycles. The van der Waals surface area contributed by atoms with Crippen LogP contribution in [0.1, 0.15) is 19.6 Å². The third kappa shape index (κ3) is 4.25. The molecule has 8 heteroatoms. The summed E-state index contributed by atoms with van der Waals surface area (Å²) in [6.07, 6.45) is 1.56. The highest BCUT2D eigenvalue weighted by Gasteiger charge is 2.22. The third-order valence-electron chi connectivity index (χ3n) is 3.50. The fourth-order valence-corrected chi connectivity index (χ4v) is 3.84. The number of thioether (sulfide) groups is 1. The molecule has 0 bridgehead atoms. The third-order valence-corrected chi connectivity index (χ3v) is 5.34. The van der Waals surface area contributed by atoms with Gasteiger partial charge in [-0.2, -0.15) is 0 Å². The van der Waals surface area contributed by atoms with Crippen molar-refractivity contribution >= 4 is 49.5 Å². The Balaban J connectivity index is 1.94. The SMILES string of the molecule is CCOc1cccc2sc(N(Cc3ccco3)C(=O)CSC(C)=O)nc12. The van der Waals surface area contributed by atoms with Gasteiger partial charge in [0, 0.05) is 6.92 Å².